The Bertz CT molecular complexity index is 293. The highest BCUT2D eigenvalue weighted by atomic mass is 16.5. The molecule has 0 aromatic heterocycles. The maximum Gasteiger partial charge on any atom is 0.317 e. The highest BCUT2D eigenvalue weighted by Crippen LogP contribution is 2.10. The van der Waals surface area contributed by atoms with Gasteiger partial charge in [0, 0.05) is 13.1 Å². The molecule has 1 atom stereocenters. The summed E-state index contributed by atoms with van der Waals surface area (Å²) >= 11 is 0. The van der Waals surface area contributed by atoms with Gasteiger partial charge in [-0.15, -0.1) is 6.58 Å². The van der Waals surface area contributed by atoms with Crippen molar-refractivity contribution < 1.29 is 19.4 Å². The van der Waals surface area contributed by atoms with Gasteiger partial charge in [-0.2, -0.15) is 0 Å². The summed E-state index contributed by atoms with van der Waals surface area (Å²) in [5.41, 5.74) is 0. The van der Waals surface area contributed by atoms with Crippen LogP contribution < -0.4 is 5.32 Å². The van der Waals surface area contributed by atoms with Gasteiger partial charge in [0.05, 0.1) is 25.7 Å². The second kappa shape index (κ2) is 6.90. The van der Waals surface area contributed by atoms with Gasteiger partial charge in [-0.25, -0.2) is 4.79 Å². The number of aliphatic carboxylic acids is 1. The van der Waals surface area contributed by atoms with Crippen molar-refractivity contribution in [3.8, 4) is 0 Å². The van der Waals surface area contributed by atoms with E-state index in [0.717, 1.165) is 0 Å². The highest BCUT2D eigenvalue weighted by molar-refractivity contribution is 5.76. The van der Waals surface area contributed by atoms with E-state index >= 15 is 0 Å². The van der Waals surface area contributed by atoms with Crippen LogP contribution in [0.5, 0.6) is 0 Å². The zero-order valence-corrected chi connectivity index (χ0v) is 9.72. The lowest BCUT2D eigenvalue weighted by Crippen LogP contribution is -2.53. The third-order valence-corrected chi connectivity index (χ3v) is 2.52. The molecule has 1 rings (SSSR count). The molecular formula is C11H18N2O4. The topological polar surface area (TPSA) is 78.9 Å². The minimum absolute atomic E-state index is 0.0884. The first-order valence-electron chi connectivity index (χ1n) is 5.60. The van der Waals surface area contributed by atoms with Crippen molar-refractivity contribution in [2.45, 2.75) is 18.9 Å². The summed E-state index contributed by atoms with van der Waals surface area (Å²) < 4.78 is 5.19. The molecule has 0 aromatic rings. The SMILES string of the molecule is C=CCCNC(=O)N1CCOCC1CC(=O)O. The van der Waals surface area contributed by atoms with Crippen LogP contribution in [0.1, 0.15) is 12.8 Å². The Hall–Kier alpha value is -1.56. The van der Waals surface area contributed by atoms with E-state index in [9.17, 15) is 9.59 Å². The number of carboxylic acid groups (broad SMARTS) is 1. The number of morpholine rings is 1. The Morgan fingerprint density at radius 1 is 1.59 bits per heavy atom. The molecule has 0 saturated carbocycles. The number of nitrogens with one attached hydrogen (secondary N) is 1. The van der Waals surface area contributed by atoms with Gasteiger partial charge in [-0.1, -0.05) is 6.08 Å². The Balaban J connectivity index is 2.48. The smallest absolute Gasteiger partial charge is 0.317 e. The molecule has 96 valence electrons. The average Bonchev–Trinajstić information content (AvgIpc) is 2.29. The molecule has 1 heterocycles. The molecule has 6 heteroatoms. The minimum Gasteiger partial charge on any atom is -0.481 e. The third-order valence-electron chi connectivity index (χ3n) is 2.52. The summed E-state index contributed by atoms with van der Waals surface area (Å²) in [7, 11) is 0. The number of carboxylic acids is 1. The largest absolute Gasteiger partial charge is 0.481 e. The van der Waals surface area contributed by atoms with Gasteiger partial charge in [0.1, 0.15) is 0 Å². The van der Waals surface area contributed by atoms with Crippen molar-refractivity contribution in [1.82, 2.24) is 10.2 Å². The fourth-order valence-corrected chi connectivity index (χ4v) is 1.68. The van der Waals surface area contributed by atoms with Crippen molar-refractivity contribution in [3.63, 3.8) is 0 Å². The molecule has 1 saturated heterocycles. The predicted molar refractivity (Wildman–Crippen MR) is 61.8 cm³/mol. The highest BCUT2D eigenvalue weighted by Gasteiger charge is 2.28. The molecule has 1 aliphatic heterocycles. The Morgan fingerprint density at radius 3 is 3.00 bits per heavy atom. The number of amides is 2. The number of hydrogen-bond acceptors (Lipinski definition) is 3. The van der Waals surface area contributed by atoms with Gasteiger partial charge in [0.25, 0.3) is 0 Å². The van der Waals surface area contributed by atoms with Crippen molar-refractivity contribution in [2.75, 3.05) is 26.3 Å². The van der Waals surface area contributed by atoms with E-state index in [1.807, 2.05) is 0 Å². The molecule has 1 unspecified atom stereocenters. The fourth-order valence-electron chi connectivity index (χ4n) is 1.68. The molecule has 6 nitrogen and oxygen atoms in total. The van der Waals surface area contributed by atoms with Gasteiger partial charge in [0.2, 0.25) is 0 Å². The summed E-state index contributed by atoms with van der Waals surface area (Å²) in [4.78, 5) is 24.0. The van der Waals surface area contributed by atoms with Crippen LogP contribution in [0.4, 0.5) is 4.79 Å². The lowest BCUT2D eigenvalue weighted by atomic mass is 10.1. The number of urea groups is 1. The van der Waals surface area contributed by atoms with E-state index in [4.69, 9.17) is 9.84 Å². The molecule has 2 N–H and O–H groups in total. The molecule has 1 aliphatic rings. The second-order valence-electron chi connectivity index (χ2n) is 3.83. The first-order chi connectivity index (χ1) is 8.15. The van der Waals surface area contributed by atoms with Gasteiger partial charge >= 0.3 is 12.0 Å². The molecule has 0 spiro atoms. The van der Waals surface area contributed by atoms with Crippen LogP contribution in [0.25, 0.3) is 0 Å². The van der Waals surface area contributed by atoms with Crippen LogP contribution >= 0.6 is 0 Å². The monoisotopic (exact) mass is 242 g/mol. The van der Waals surface area contributed by atoms with E-state index in [2.05, 4.69) is 11.9 Å². The van der Waals surface area contributed by atoms with Gasteiger partial charge in [0.15, 0.2) is 0 Å². The second-order valence-corrected chi connectivity index (χ2v) is 3.83. The van der Waals surface area contributed by atoms with Crippen LogP contribution in [0, 0.1) is 0 Å². The Kier molecular flexibility index (Phi) is 5.48. The Morgan fingerprint density at radius 2 is 2.35 bits per heavy atom. The lowest BCUT2D eigenvalue weighted by Gasteiger charge is -2.34. The number of rotatable bonds is 5. The molecule has 1 fully saturated rings. The normalized spacial score (nSPS) is 19.8. The quantitative estimate of drug-likeness (QED) is 0.542. The summed E-state index contributed by atoms with van der Waals surface area (Å²) in [5, 5.41) is 11.5. The van der Waals surface area contributed by atoms with Crippen LogP contribution in [-0.4, -0.2) is 54.4 Å². The first-order valence-corrected chi connectivity index (χ1v) is 5.60. The fraction of sp³-hybridized carbons (Fsp3) is 0.636. The average molecular weight is 242 g/mol. The van der Waals surface area contributed by atoms with Crippen molar-refractivity contribution in [1.29, 1.82) is 0 Å². The molecule has 0 bridgehead atoms. The van der Waals surface area contributed by atoms with Crippen LogP contribution in [0.3, 0.4) is 0 Å². The first kappa shape index (κ1) is 13.5. The number of nitrogens with zero attached hydrogens (tertiary/aromatic N) is 1. The van der Waals surface area contributed by atoms with Gasteiger partial charge in [-0.3, -0.25) is 4.79 Å². The van der Waals surface area contributed by atoms with Gasteiger partial charge < -0.3 is 20.1 Å². The van der Waals surface area contributed by atoms with Crippen LogP contribution in [0.15, 0.2) is 12.7 Å². The standard InChI is InChI=1S/C11H18N2O4/c1-2-3-4-12-11(16)13-5-6-17-8-9(13)7-10(14)15/h2,9H,1,3-8H2,(H,12,16)(H,14,15). The Labute approximate surface area is 100 Å². The zero-order valence-electron chi connectivity index (χ0n) is 9.72. The third kappa shape index (κ3) is 4.44. The summed E-state index contributed by atoms with van der Waals surface area (Å²) in [6.45, 7) is 5.23. The number of hydrogen-bond donors (Lipinski definition) is 2. The number of ether oxygens (including phenoxy) is 1. The minimum atomic E-state index is -0.926. The van der Waals surface area contributed by atoms with E-state index in [-0.39, 0.29) is 25.1 Å². The predicted octanol–water partition coefficient (Wildman–Crippen LogP) is 0.448. The summed E-state index contributed by atoms with van der Waals surface area (Å²) in [5.74, 6) is -0.926. The molecule has 2 amide bonds. The molecule has 0 radical (unpaired) electrons. The number of carbonyl (C=O) groups excluding carboxylic acids is 1. The van der Waals surface area contributed by atoms with Crippen LogP contribution in [-0.2, 0) is 9.53 Å². The van der Waals surface area contributed by atoms with E-state index in [1.165, 1.54) is 4.90 Å². The van der Waals surface area contributed by atoms with E-state index in [1.54, 1.807) is 6.08 Å². The van der Waals surface area contributed by atoms with Crippen LogP contribution in [0.2, 0.25) is 0 Å². The number of carbonyl (C=O) groups is 2. The summed E-state index contributed by atoms with van der Waals surface area (Å²) in [6.07, 6.45) is 2.32. The van der Waals surface area contributed by atoms with E-state index < -0.39 is 5.97 Å². The maximum absolute atomic E-state index is 11.8. The van der Waals surface area contributed by atoms with E-state index in [0.29, 0.717) is 26.1 Å². The lowest BCUT2D eigenvalue weighted by molar-refractivity contribution is -0.139. The van der Waals surface area contributed by atoms with Crippen molar-refractivity contribution in [3.05, 3.63) is 12.7 Å². The van der Waals surface area contributed by atoms with Crippen molar-refractivity contribution in [2.24, 2.45) is 0 Å². The molecule has 0 aromatic carbocycles. The maximum atomic E-state index is 11.8. The molecule has 0 aliphatic carbocycles. The summed E-state index contributed by atoms with van der Waals surface area (Å²) in [6, 6.07) is -0.619. The molecule has 17 heavy (non-hydrogen) atoms. The molecular weight excluding hydrogens is 224 g/mol. The van der Waals surface area contributed by atoms with Crippen molar-refractivity contribution >= 4 is 12.0 Å². The van der Waals surface area contributed by atoms with Gasteiger partial charge in [-0.05, 0) is 6.42 Å². The zero-order chi connectivity index (χ0) is 12.7.